The smallest absolute Gasteiger partial charge is 0.264 e. The molecule has 0 atom stereocenters. The minimum absolute atomic E-state index is 0.175. The van der Waals surface area contributed by atoms with Gasteiger partial charge in [-0.25, -0.2) is 12.8 Å². The number of nitrogens with zero attached hydrogens (tertiary/aromatic N) is 2. The second kappa shape index (κ2) is 9.84. The third-order valence-electron chi connectivity index (χ3n) is 6.32. The van der Waals surface area contributed by atoms with Gasteiger partial charge in [0.05, 0.1) is 10.6 Å². The van der Waals surface area contributed by atoms with Gasteiger partial charge in [-0.05, 0) is 91.9 Å². The van der Waals surface area contributed by atoms with Crippen LogP contribution in [0.25, 0.3) is 0 Å². The van der Waals surface area contributed by atoms with Crippen molar-refractivity contribution in [2.75, 3.05) is 17.4 Å². The molecule has 3 aromatic rings. The molecule has 1 aliphatic heterocycles. The fourth-order valence-electron chi connectivity index (χ4n) is 4.33. The van der Waals surface area contributed by atoms with Crippen molar-refractivity contribution in [3.05, 3.63) is 94.3 Å². The van der Waals surface area contributed by atoms with Crippen molar-refractivity contribution in [3.63, 3.8) is 0 Å². The first-order chi connectivity index (χ1) is 15.7. The maximum atomic E-state index is 13.6. The third-order valence-corrected chi connectivity index (χ3v) is 8.46. The van der Waals surface area contributed by atoms with E-state index in [4.69, 9.17) is 11.6 Å². The normalized spacial score (nSPS) is 15.5. The second-order valence-corrected chi connectivity index (χ2v) is 10.9. The lowest BCUT2D eigenvalue weighted by Gasteiger charge is -2.39. The van der Waals surface area contributed by atoms with E-state index in [-0.39, 0.29) is 10.9 Å². The fraction of sp³-hybridized carbons (Fsp3) is 0.308. The zero-order chi connectivity index (χ0) is 23.6. The topological polar surface area (TPSA) is 40.6 Å². The van der Waals surface area contributed by atoms with Gasteiger partial charge in [-0.1, -0.05) is 29.8 Å². The standard InChI is InChI=1S/C26H28ClFN2O2S/c1-19-3-4-21(17-20(19)2)18-29-15-13-25(14-16-29)30(24-9-7-23(28)8-10-24)33(31,32)26-11-5-22(27)6-12-26/h3-12,17,25H,13-16,18H2,1-2H3. The molecule has 7 heteroatoms. The summed E-state index contributed by atoms with van der Waals surface area (Å²) in [5.74, 6) is -0.397. The lowest BCUT2D eigenvalue weighted by molar-refractivity contribution is 0.206. The summed E-state index contributed by atoms with van der Waals surface area (Å²) in [6.45, 7) is 6.63. The van der Waals surface area contributed by atoms with E-state index in [1.807, 2.05) is 0 Å². The number of rotatable bonds is 6. The van der Waals surface area contributed by atoms with Gasteiger partial charge < -0.3 is 0 Å². The van der Waals surface area contributed by atoms with E-state index in [1.54, 1.807) is 12.1 Å². The van der Waals surface area contributed by atoms with Crippen molar-refractivity contribution in [3.8, 4) is 0 Å². The highest BCUT2D eigenvalue weighted by Gasteiger charge is 2.34. The molecule has 33 heavy (non-hydrogen) atoms. The van der Waals surface area contributed by atoms with Crippen LogP contribution < -0.4 is 4.31 Å². The molecule has 0 unspecified atom stereocenters. The molecule has 174 valence electrons. The molecule has 0 spiro atoms. The van der Waals surface area contributed by atoms with Gasteiger partial charge in [-0.15, -0.1) is 0 Å². The van der Waals surface area contributed by atoms with E-state index in [1.165, 1.54) is 57.4 Å². The number of halogens is 2. The lowest BCUT2D eigenvalue weighted by Crippen LogP contribution is -2.47. The molecule has 1 fully saturated rings. The monoisotopic (exact) mass is 486 g/mol. The van der Waals surface area contributed by atoms with Crippen LogP contribution in [0.2, 0.25) is 5.02 Å². The van der Waals surface area contributed by atoms with Gasteiger partial charge in [0.15, 0.2) is 0 Å². The summed E-state index contributed by atoms with van der Waals surface area (Å²) in [6, 6.07) is 18.1. The lowest BCUT2D eigenvalue weighted by atomic mass is 10.0. The number of piperidine rings is 1. The Morgan fingerprint density at radius 3 is 2.18 bits per heavy atom. The van der Waals surface area contributed by atoms with E-state index in [0.29, 0.717) is 23.6 Å². The summed E-state index contributed by atoms with van der Waals surface area (Å²) >= 11 is 5.97. The van der Waals surface area contributed by atoms with Crippen LogP contribution in [0.1, 0.15) is 29.5 Å². The summed E-state index contributed by atoms with van der Waals surface area (Å²) < 4.78 is 42.3. The summed E-state index contributed by atoms with van der Waals surface area (Å²) in [5.41, 5.74) is 4.29. The van der Waals surface area contributed by atoms with Gasteiger partial charge in [0.2, 0.25) is 0 Å². The largest absolute Gasteiger partial charge is 0.299 e. The van der Waals surface area contributed by atoms with E-state index in [2.05, 4.69) is 36.9 Å². The Kier molecular flexibility index (Phi) is 7.07. The quantitative estimate of drug-likeness (QED) is 0.432. The predicted octanol–water partition coefficient (Wildman–Crippen LogP) is 5.96. The molecule has 4 nitrogen and oxygen atoms in total. The first-order valence-corrected chi connectivity index (χ1v) is 12.9. The van der Waals surface area contributed by atoms with E-state index in [0.717, 1.165) is 19.6 Å². The van der Waals surface area contributed by atoms with Crippen molar-refractivity contribution < 1.29 is 12.8 Å². The average molecular weight is 487 g/mol. The number of aryl methyl sites for hydroxylation is 2. The Morgan fingerprint density at radius 1 is 0.939 bits per heavy atom. The minimum Gasteiger partial charge on any atom is -0.299 e. The summed E-state index contributed by atoms with van der Waals surface area (Å²) in [7, 11) is -3.84. The van der Waals surface area contributed by atoms with Crippen LogP contribution in [0.5, 0.6) is 0 Å². The molecule has 0 N–H and O–H groups in total. The molecule has 0 amide bonds. The van der Waals surface area contributed by atoms with Crippen molar-refractivity contribution in [1.82, 2.24) is 4.90 Å². The Labute approximate surface area is 200 Å². The van der Waals surface area contributed by atoms with Crippen molar-refractivity contribution in [2.24, 2.45) is 0 Å². The molecular weight excluding hydrogens is 459 g/mol. The molecule has 0 saturated carbocycles. The van der Waals surface area contributed by atoms with Gasteiger partial charge >= 0.3 is 0 Å². The average Bonchev–Trinajstić information content (AvgIpc) is 2.79. The Balaban J connectivity index is 1.56. The predicted molar refractivity (Wildman–Crippen MR) is 132 cm³/mol. The van der Waals surface area contributed by atoms with E-state index >= 15 is 0 Å². The zero-order valence-electron chi connectivity index (χ0n) is 18.8. The van der Waals surface area contributed by atoms with Gasteiger partial charge in [0.1, 0.15) is 5.82 Å². The number of likely N-dealkylation sites (tertiary alicyclic amines) is 1. The molecule has 1 heterocycles. The first kappa shape index (κ1) is 23.7. The van der Waals surface area contributed by atoms with Gasteiger partial charge in [-0.3, -0.25) is 9.21 Å². The number of hydrogen-bond acceptors (Lipinski definition) is 3. The highest BCUT2D eigenvalue weighted by atomic mass is 35.5. The van der Waals surface area contributed by atoms with Crippen molar-refractivity contribution in [2.45, 2.75) is 44.2 Å². The zero-order valence-corrected chi connectivity index (χ0v) is 20.4. The Bertz CT molecular complexity index is 1210. The molecule has 1 aliphatic rings. The van der Waals surface area contributed by atoms with Crippen molar-refractivity contribution >= 4 is 27.3 Å². The maximum Gasteiger partial charge on any atom is 0.264 e. The molecule has 0 aliphatic carbocycles. The minimum atomic E-state index is -3.84. The van der Waals surface area contributed by atoms with Gasteiger partial charge in [0.25, 0.3) is 10.0 Å². The van der Waals surface area contributed by atoms with Crippen molar-refractivity contribution in [1.29, 1.82) is 0 Å². The van der Waals surface area contributed by atoms with Crippen LogP contribution in [-0.4, -0.2) is 32.4 Å². The molecule has 0 bridgehead atoms. The van der Waals surface area contributed by atoms with E-state index in [9.17, 15) is 12.8 Å². The van der Waals surface area contributed by atoms with Gasteiger partial charge in [-0.2, -0.15) is 0 Å². The summed E-state index contributed by atoms with van der Waals surface area (Å²) in [6.07, 6.45) is 1.38. The Hall–Kier alpha value is -2.41. The molecule has 3 aromatic carbocycles. The van der Waals surface area contributed by atoms with Crippen LogP contribution in [0, 0.1) is 19.7 Å². The Morgan fingerprint density at radius 2 is 1.58 bits per heavy atom. The van der Waals surface area contributed by atoms with Crippen LogP contribution in [0.4, 0.5) is 10.1 Å². The fourth-order valence-corrected chi connectivity index (χ4v) is 6.16. The highest BCUT2D eigenvalue weighted by Crippen LogP contribution is 2.31. The number of benzene rings is 3. The van der Waals surface area contributed by atoms with Crippen LogP contribution in [0.3, 0.4) is 0 Å². The summed E-state index contributed by atoms with van der Waals surface area (Å²) in [4.78, 5) is 2.53. The molecule has 1 saturated heterocycles. The van der Waals surface area contributed by atoms with Crippen LogP contribution in [0.15, 0.2) is 71.6 Å². The molecule has 0 radical (unpaired) electrons. The van der Waals surface area contributed by atoms with Crippen LogP contribution >= 0.6 is 11.6 Å². The number of sulfonamides is 1. The van der Waals surface area contributed by atoms with Gasteiger partial charge in [0, 0.05) is 30.7 Å². The number of anilines is 1. The maximum absolute atomic E-state index is 13.6. The first-order valence-electron chi connectivity index (χ1n) is 11.1. The third kappa shape index (κ3) is 5.40. The molecular formula is C26H28ClFN2O2S. The molecule has 4 rings (SSSR count). The summed E-state index contributed by atoms with van der Waals surface area (Å²) in [5, 5.41) is 0.474. The SMILES string of the molecule is Cc1ccc(CN2CCC(N(c3ccc(F)cc3)S(=O)(=O)c3ccc(Cl)cc3)CC2)cc1C. The molecule has 0 aromatic heterocycles. The van der Waals surface area contributed by atoms with Crippen LogP contribution in [-0.2, 0) is 16.6 Å². The number of hydrogen-bond donors (Lipinski definition) is 0. The second-order valence-electron chi connectivity index (χ2n) is 8.66. The highest BCUT2D eigenvalue weighted by molar-refractivity contribution is 7.92. The van der Waals surface area contributed by atoms with E-state index < -0.39 is 15.8 Å².